The predicted octanol–water partition coefficient (Wildman–Crippen LogP) is 35.2. The molecule has 794 valence electrons. The molecule has 12 nitrogen and oxygen atoms in total. The molecule has 16 aromatic rings. The van der Waals surface area contributed by atoms with Gasteiger partial charge in [-0.05, 0) is 199 Å². The van der Waals surface area contributed by atoms with Gasteiger partial charge in [0.1, 0.15) is 0 Å². The van der Waals surface area contributed by atoms with Gasteiger partial charge in [-0.1, -0.05) is 314 Å². The van der Waals surface area contributed by atoms with E-state index in [0.717, 1.165) is 114 Å². The summed E-state index contributed by atoms with van der Waals surface area (Å²) >= 11 is 0. The Labute approximate surface area is 935 Å². The average Bonchev–Trinajstić information content (AvgIpc) is 0.774. The maximum absolute atomic E-state index is 11.7. The van der Waals surface area contributed by atoms with Gasteiger partial charge in [-0.15, -0.1) is 117 Å². The molecule has 4 aromatic heterocycles. The molecule has 0 amide bonds. The number of carbonyl (C=O) groups excluding carboxylic acids is 4. The van der Waals surface area contributed by atoms with Gasteiger partial charge in [0.05, 0.1) is 39.3 Å². The number of rotatable bonds is 15. The summed E-state index contributed by atoms with van der Waals surface area (Å²) in [6, 6.07) is 91.7. The molecule has 4 radical (unpaired) electrons. The Hall–Kier alpha value is -11.5. The summed E-state index contributed by atoms with van der Waals surface area (Å²) < 4.78 is 34.8. The van der Waals surface area contributed by atoms with Crippen LogP contribution >= 0.6 is 0 Å². The van der Waals surface area contributed by atoms with Crippen molar-refractivity contribution in [3.05, 3.63) is 357 Å². The Bertz CT molecular complexity index is 6770. The Balaban J connectivity index is 0.000000309. The number of fused-ring (bicyclic) bond motifs is 8. The zero-order valence-corrected chi connectivity index (χ0v) is 101. The van der Waals surface area contributed by atoms with Gasteiger partial charge in [0.15, 0.2) is 23.1 Å². The molecule has 0 aliphatic rings. The monoisotopic (exact) mass is 2720 g/mol. The SMILES string of the molecule is CC(=O)C=C(C)O.CC(=O)C=C(C)O.CC(C)C(=O)C=C(O)C(F)(F)F.CCC(CC)C(=O)C=C(O)C(CC)CC.Cc1cccc2nc(-c3[c-]c4ccccc4c(C(C)(C)C)c3)cc(C)c12.Cc1cccc2nc(-c3[c-]c4ccccc4c(C(C)(C)C)c3)cc(C)c12.Cc1cccc2nc(-c3[c-]c4ccccc4c(C(C)(C)C)c3)cc(C)c12.Cc1cccc2nc(-c3[c-]c4ccccc4c(C(C)(C)C)c3)cc(C)c12.[Ir].[Ir].[Ir].[Ir]. The predicted molar refractivity (Wildman–Crippen MR) is 601 cm³/mol. The molecule has 4 N–H and O–H groups in total. The Kier molecular flexibility index (Phi) is 48.2. The second kappa shape index (κ2) is 56.1. The van der Waals surface area contributed by atoms with Crippen LogP contribution in [-0.4, -0.2) is 69.7 Å². The molecule has 0 saturated carbocycles. The van der Waals surface area contributed by atoms with Crippen molar-refractivity contribution in [3.63, 3.8) is 0 Å². The minimum Gasteiger partial charge on any atom is -0.512 e. The molecule has 0 fully saturated rings. The van der Waals surface area contributed by atoms with E-state index in [1.807, 2.05) is 27.7 Å². The smallest absolute Gasteiger partial charge is 0.448 e. The number of hydrogen-bond acceptors (Lipinski definition) is 12. The van der Waals surface area contributed by atoms with Crippen molar-refractivity contribution in [1.82, 2.24) is 19.9 Å². The minimum atomic E-state index is -4.83. The minimum absolute atomic E-state index is 0. The van der Waals surface area contributed by atoms with E-state index in [1.54, 1.807) is 0 Å². The number of aliphatic hydroxyl groups excluding tert-OH is 4. The van der Waals surface area contributed by atoms with Crippen LogP contribution in [0, 0.1) is 97.4 Å². The summed E-state index contributed by atoms with van der Waals surface area (Å²) in [7, 11) is 0. The van der Waals surface area contributed by atoms with Crippen LogP contribution in [0.15, 0.2) is 266 Å². The number of pyridine rings is 4. The normalized spacial score (nSPS) is 11.8. The van der Waals surface area contributed by atoms with Crippen molar-refractivity contribution >= 4 is 110 Å². The van der Waals surface area contributed by atoms with Crippen LogP contribution in [0.25, 0.3) is 132 Å². The van der Waals surface area contributed by atoms with E-state index >= 15 is 0 Å². The van der Waals surface area contributed by atoms with Gasteiger partial charge in [0.2, 0.25) is 5.76 Å². The number of nitrogens with zero attached hydrogens (tertiary/aromatic N) is 4. The third-order valence-electron chi connectivity index (χ3n) is 25.4. The number of aliphatic hydroxyl groups is 4. The van der Waals surface area contributed by atoms with Crippen LogP contribution < -0.4 is 0 Å². The molecular formula is C130H145F3Ir4N4O8-4. The molecular weight excluding hydrogens is 2570 g/mol. The fourth-order valence-corrected chi connectivity index (χ4v) is 18.0. The number of benzene rings is 12. The molecule has 0 atom stereocenters. The number of ketones is 4. The average molecular weight is 2720 g/mol. The topological polar surface area (TPSA) is 201 Å². The van der Waals surface area contributed by atoms with Gasteiger partial charge in [0, 0.05) is 167 Å². The number of halogens is 3. The standard InChI is InChI=1S/4C25H24N.C13H24O2.C7H9F3O2.2C5H8O2.4Ir/c4*1-16-9-8-12-22-24(16)17(2)13-23(26-22)19-14-18-10-6-7-11-20(18)21(15-19)25(3,4)5;1-5-10(6-2)12(14)9-13(15)11(7-3)8-4;1-4(2)5(11)3-6(12)7(8,9)10;2*1-4(6)3-5(2)7;;;;/h4*6-13,15H,1-5H3;9-11,14H,5-8H2,1-4H3;3-4,12H,1-2H3;2*3,6H,1-2H3;;;;/q4*-1;;;;;;;;. The van der Waals surface area contributed by atoms with E-state index < -0.39 is 23.6 Å². The van der Waals surface area contributed by atoms with Crippen LogP contribution in [0.2, 0.25) is 0 Å². The quantitative estimate of drug-likeness (QED) is 0.0431. The number of alkyl halides is 3. The first-order valence-corrected chi connectivity index (χ1v) is 50.0. The van der Waals surface area contributed by atoms with Crippen LogP contribution in [0.3, 0.4) is 0 Å². The van der Waals surface area contributed by atoms with Crippen molar-refractivity contribution in [2.24, 2.45) is 17.8 Å². The molecule has 149 heavy (non-hydrogen) atoms. The molecule has 0 aliphatic heterocycles. The van der Waals surface area contributed by atoms with Gasteiger partial charge >= 0.3 is 6.18 Å². The number of aromatic nitrogens is 4. The number of carbonyl (C=O) groups is 4. The van der Waals surface area contributed by atoms with Crippen molar-refractivity contribution in [2.45, 2.75) is 261 Å². The summed E-state index contributed by atoms with van der Waals surface area (Å²) in [4.78, 5) is 62.3. The summed E-state index contributed by atoms with van der Waals surface area (Å²) in [6.07, 6.45) is 2.61. The van der Waals surface area contributed by atoms with E-state index in [2.05, 4.69) is 381 Å². The number of aryl methyl sites for hydroxylation is 8. The molecule has 0 saturated heterocycles. The first kappa shape index (κ1) is 128. The largest absolute Gasteiger partial charge is 0.512 e. The van der Waals surface area contributed by atoms with E-state index in [-0.39, 0.29) is 155 Å². The number of hydrogen-bond donors (Lipinski definition) is 4. The Morgan fingerprint density at radius 3 is 0.725 bits per heavy atom. The molecule has 19 heteroatoms. The fourth-order valence-electron chi connectivity index (χ4n) is 18.0. The third kappa shape index (κ3) is 34.8. The first-order chi connectivity index (χ1) is 68.0. The first-order valence-electron chi connectivity index (χ1n) is 50.0. The van der Waals surface area contributed by atoms with Gasteiger partial charge in [-0.2, -0.15) is 13.2 Å². The van der Waals surface area contributed by atoms with Crippen molar-refractivity contribution in [1.29, 1.82) is 0 Å². The zero-order valence-electron chi connectivity index (χ0n) is 91.8. The van der Waals surface area contributed by atoms with Gasteiger partial charge in [-0.3, -0.25) is 39.1 Å². The van der Waals surface area contributed by atoms with E-state index in [1.165, 1.54) is 170 Å². The molecule has 12 aromatic carbocycles. The third-order valence-corrected chi connectivity index (χ3v) is 25.4. The van der Waals surface area contributed by atoms with E-state index in [4.69, 9.17) is 35.3 Å². The van der Waals surface area contributed by atoms with Crippen LogP contribution in [0.1, 0.15) is 245 Å². The van der Waals surface area contributed by atoms with E-state index in [9.17, 15) is 37.5 Å². The summed E-state index contributed by atoms with van der Waals surface area (Å²) in [5, 5.41) is 49.5. The molecule has 0 unspecified atom stereocenters. The van der Waals surface area contributed by atoms with Crippen LogP contribution in [0.4, 0.5) is 13.2 Å². The van der Waals surface area contributed by atoms with Gasteiger partial charge in [-0.25, -0.2) is 0 Å². The van der Waals surface area contributed by atoms with Gasteiger partial charge in [0.25, 0.3) is 0 Å². The molecule has 0 aliphatic carbocycles. The fraction of sp³-hybridized carbons (Fsp3) is 0.323. The van der Waals surface area contributed by atoms with Gasteiger partial charge < -0.3 is 20.4 Å². The Morgan fingerprint density at radius 1 is 0.309 bits per heavy atom. The maximum atomic E-state index is 11.7. The zero-order chi connectivity index (χ0) is 107. The summed E-state index contributed by atoms with van der Waals surface area (Å²) in [6.45, 7) is 61.1. The Morgan fingerprint density at radius 2 is 0.537 bits per heavy atom. The maximum Gasteiger partial charge on any atom is 0.448 e. The van der Waals surface area contributed by atoms with Crippen molar-refractivity contribution in [3.8, 4) is 45.0 Å². The summed E-state index contributed by atoms with van der Waals surface area (Å²) in [5.41, 5.74) is 28.2. The van der Waals surface area contributed by atoms with Crippen LogP contribution in [0.5, 0.6) is 0 Å². The molecule has 16 rings (SSSR count). The molecule has 0 spiro atoms. The molecule has 0 bridgehead atoms. The van der Waals surface area contributed by atoms with E-state index in [0.29, 0.717) is 0 Å². The second-order valence-electron chi connectivity index (χ2n) is 42.1. The van der Waals surface area contributed by atoms with Crippen molar-refractivity contribution in [2.75, 3.05) is 0 Å². The molecule has 4 heterocycles. The second-order valence-corrected chi connectivity index (χ2v) is 42.1. The van der Waals surface area contributed by atoms with Crippen LogP contribution in [-0.2, 0) is 121 Å². The van der Waals surface area contributed by atoms with Crippen molar-refractivity contribution < 1.29 is 133 Å². The summed E-state index contributed by atoms with van der Waals surface area (Å²) in [5.74, 6) is -2.72. The number of allylic oxidation sites excluding steroid dienone is 8.